The Morgan fingerprint density at radius 1 is 1.22 bits per heavy atom. The molecule has 168 valence electrons. The Kier molecular flexibility index (Phi) is 6.23. The number of nitrogens with one attached hydrogen (secondary N) is 2. The van der Waals surface area contributed by atoms with Crippen molar-refractivity contribution in [1.29, 1.82) is 5.41 Å². The first kappa shape index (κ1) is 22.8. The van der Waals surface area contributed by atoms with Gasteiger partial charge in [0.1, 0.15) is 17.4 Å². The van der Waals surface area contributed by atoms with E-state index in [1.54, 1.807) is 6.92 Å². The lowest BCUT2D eigenvalue weighted by atomic mass is 10.1. The Bertz CT molecular complexity index is 1200. The first-order valence-corrected chi connectivity index (χ1v) is 10.9. The molecule has 0 saturated carbocycles. The molecule has 2 aromatic rings. The fourth-order valence-electron chi connectivity index (χ4n) is 3.02. The minimum Gasteiger partial charge on any atom is -0.416 e. The lowest BCUT2D eigenvalue weighted by Gasteiger charge is -2.20. The Hall–Kier alpha value is -3.84. The number of amides is 2. The molecule has 3 rings (SSSR count). The minimum atomic E-state index is -3.84. The molecule has 1 heterocycles. The average Bonchev–Trinajstić information content (AvgIpc) is 2.99. The topological polar surface area (TPSA) is 169 Å². The normalized spacial score (nSPS) is 18.2. The summed E-state index contributed by atoms with van der Waals surface area (Å²) in [5.41, 5.74) is 0.0403. The summed E-state index contributed by atoms with van der Waals surface area (Å²) in [6.07, 6.45) is -1.27. The maximum Gasteiger partial charge on any atom is 0.417 e. The Balaban J connectivity index is 1.73. The number of hydrogen-bond acceptors (Lipinski definition) is 9. The van der Waals surface area contributed by atoms with Gasteiger partial charge in [-0.25, -0.2) is 8.98 Å². The molecule has 0 radical (unpaired) electrons. The lowest BCUT2D eigenvalue weighted by molar-refractivity contribution is -0.385. The molecular formula is C19H18N4O8S. The summed E-state index contributed by atoms with van der Waals surface area (Å²) in [5.74, 6) is -1.13. The molecule has 2 unspecified atom stereocenters. The van der Waals surface area contributed by atoms with E-state index < -0.39 is 39.4 Å². The molecule has 0 bridgehead atoms. The zero-order valence-electron chi connectivity index (χ0n) is 16.8. The SMILES string of the molecule is CC1C(OS(C)(=O)=O)OC(=O)N1c1ccc(C(=N)NC(=O)c2ccccc2[N+](=O)[O-])cc1. The van der Waals surface area contributed by atoms with Gasteiger partial charge in [-0.2, -0.15) is 8.42 Å². The number of amidine groups is 1. The summed E-state index contributed by atoms with van der Waals surface area (Å²) in [5, 5.41) is 21.5. The number of cyclic esters (lactones) is 1. The van der Waals surface area contributed by atoms with Gasteiger partial charge in [0.25, 0.3) is 21.7 Å². The van der Waals surface area contributed by atoms with E-state index in [1.165, 1.54) is 53.4 Å². The highest BCUT2D eigenvalue weighted by Gasteiger charge is 2.42. The zero-order chi connectivity index (χ0) is 23.6. The molecule has 12 nitrogen and oxygen atoms in total. The van der Waals surface area contributed by atoms with Crippen molar-refractivity contribution in [2.75, 3.05) is 11.2 Å². The molecule has 32 heavy (non-hydrogen) atoms. The first-order valence-electron chi connectivity index (χ1n) is 9.10. The van der Waals surface area contributed by atoms with E-state index in [1.807, 2.05) is 0 Å². The predicted octanol–water partition coefficient (Wildman–Crippen LogP) is 2.00. The zero-order valence-corrected chi connectivity index (χ0v) is 17.7. The molecule has 1 aliphatic rings. The van der Waals surface area contributed by atoms with Crippen LogP contribution in [0.4, 0.5) is 16.2 Å². The van der Waals surface area contributed by atoms with Gasteiger partial charge < -0.3 is 10.1 Å². The van der Waals surface area contributed by atoms with E-state index in [4.69, 9.17) is 14.3 Å². The summed E-state index contributed by atoms with van der Waals surface area (Å²) < 4.78 is 32.4. The van der Waals surface area contributed by atoms with Crippen molar-refractivity contribution in [2.45, 2.75) is 19.3 Å². The number of nitrogens with zero attached hydrogens (tertiary/aromatic N) is 2. The monoisotopic (exact) mass is 462 g/mol. The van der Waals surface area contributed by atoms with Crippen molar-refractivity contribution in [2.24, 2.45) is 0 Å². The molecule has 1 aliphatic heterocycles. The molecule has 2 amide bonds. The number of hydrogen-bond donors (Lipinski definition) is 2. The van der Waals surface area contributed by atoms with Gasteiger partial charge >= 0.3 is 6.09 Å². The van der Waals surface area contributed by atoms with Crippen LogP contribution in [-0.4, -0.2) is 49.8 Å². The van der Waals surface area contributed by atoms with Crippen LogP contribution in [0.2, 0.25) is 0 Å². The van der Waals surface area contributed by atoms with Gasteiger partial charge in [-0.05, 0) is 37.3 Å². The number of ether oxygens (including phenoxy) is 1. The van der Waals surface area contributed by atoms with E-state index in [-0.39, 0.29) is 22.6 Å². The molecule has 1 fully saturated rings. The van der Waals surface area contributed by atoms with Gasteiger partial charge in [-0.15, -0.1) is 0 Å². The second-order valence-electron chi connectivity index (χ2n) is 6.81. The van der Waals surface area contributed by atoms with Crippen LogP contribution in [0.3, 0.4) is 0 Å². The number of rotatable bonds is 6. The number of benzene rings is 2. The summed E-state index contributed by atoms with van der Waals surface area (Å²) in [7, 11) is -3.84. The number of carbonyl (C=O) groups excluding carboxylic acids is 2. The maximum atomic E-state index is 12.4. The van der Waals surface area contributed by atoms with Crippen molar-refractivity contribution < 1.29 is 31.9 Å². The van der Waals surface area contributed by atoms with Crippen LogP contribution >= 0.6 is 0 Å². The van der Waals surface area contributed by atoms with Gasteiger partial charge in [0.2, 0.25) is 6.29 Å². The van der Waals surface area contributed by atoms with E-state index in [2.05, 4.69) is 5.32 Å². The van der Waals surface area contributed by atoms with Gasteiger partial charge in [0.05, 0.1) is 11.2 Å². The highest BCUT2D eigenvalue weighted by Crippen LogP contribution is 2.28. The molecule has 2 atom stereocenters. The molecule has 1 saturated heterocycles. The van der Waals surface area contributed by atoms with Gasteiger partial charge in [-0.1, -0.05) is 12.1 Å². The third-order valence-corrected chi connectivity index (χ3v) is 5.04. The van der Waals surface area contributed by atoms with Crippen molar-refractivity contribution in [3.05, 3.63) is 69.8 Å². The second-order valence-corrected chi connectivity index (χ2v) is 8.41. The summed E-state index contributed by atoms with van der Waals surface area (Å²) in [6.45, 7) is 1.55. The first-order chi connectivity index (χ1) is 15.0. The van der Waals surface area contributed by atoms with Crippen LogP contribution in [0.5, 0.6) is 0 Å². The number of para-hydroxylation sites is 1. The Morgan fingerprint density at radius 2 is 1.84 bits per heavy atom. The molecule has 13 heteroatoms. The number of nitro groups is 1. The summed E-state index contributed by atoms with van der Waals surface area (Å²) >= 11 is 0. The van der Waals surface area contributed by atoms with E-state index in [9.17, 15) is 28.1 Å². The van der Waals surface area contributed by atoms with Gasteiger partial charge in [0, 0.05) is 17.3 Å². The standard InChI is InChI=1S/C19H18N4O8S/c1-11-18(31-32(2,28)29)30-19(25)22(11)13-9-7-12(8-10-13)16(20)21-17(24)14-5-3-4-6-15(14)23(26)27/h3-11,18H,1-2H3,(H2,20,21,24). The van der Waals surface area contributed by atoms with E-state index in [0.717, 1.165) is 6.26 Å². The molecule has 2 aromatic carbocycles. The fourth-order valence-corrected chi connectivity index (χ4v) is 3.57. The molecule has 0 aliphatic carbocycles. The third kappa shape index (κ3) is 4.90. The summed E-state index contributed by atoms with van der Waals surface area (Å²) in [6, 6.07) is 10.4. The molecule has 0 aromatic heterocycles. The number of carbonyl (C=O) groups is 2. The van der Waals surface area contributed by atoms with Crippen molar-refractivity contribution in [3.63, 3.8) is 0 Å². The van der Waals surface area contributed by atoms with Gasteiger partial charge in [0.15, 0.2) is 0 Å². The Morgan fingerprint density at radius 3 is 2.44 bits per heavy atom. The largest absolute Gasteiger partial charge is 0.417 e. The molecular weight excluding hydrogens is 444 g/mol. The van der Waals surface area contributed by atoms with E-state index in [0.29, 0.717) is 5.69 Å². The quantitative estimate of drug-likeness (QED) is 0.216. The van der Waals surface area contributed by atoms with Crippen molar-refractivity contribution >= 4 is 39.3 Å². The van der Waals surface area contributed by atoms with Crippen LogP contribution in [0.15, 0.2) is 48.5 Å². The maximum absolute atomic E-state index is 12.4. The van der Waals surface area contributed by atoms with Crippen molar-refractivity contribution in [3.8, 4) is 0 Å². The number of nitro benzene ring substituents is 1. The van der Waals surface area contributed by atoms with Crippen molar-refractivity contribution in [1.82, 2.24) is 5.32 Å². The average molecular weight is 462 g/mol. The molecule has 0 spiro atoms. The highest BCUT2D eigenvalue weighted by molar-refractivity contribution is 7.86. The van der Waals surface area contributed by atoms with Crippen LogP contribution in [-0.2, 0) is 19.0 Å². The minimum absolute atomic E-state index is 0.190. The van der Waals surface area contributed by atoms with E-state index >= 15 is 0 Å². The second kappa shape index (κ2) is 8.72. The van der Waals surface area contributed by atoms with Crippen LogP contribution in [0.1, 0.15) is 22.8 Å². The van der Waals surface area contributed by atoms with Crippen LogP contribution < -0.4 is 10.2 Å². The number of anilines is 1. The third-order valence-electron chi connectivity index (χ3n) is 4.50. The Labute approximate surface area is 182 Å². The predicted molar refractivity (Wildman–Crippen MR) is 112 cm³/mol. The van der Waals surface area contributed by atoms with Crippen LogP contribution in [0.25, 0.3) is 0 Å². The fraction of sp³-hybridized carbons (Fsp3) is 0.211. The summed E-state index contributed by atoms with van der Waals surface area (Å²) in [4.78, 5) is 36.1. The molecule has 2 N–H and O–H groups in total. The highest BCUT2D eigenvalue weighted by atomic mass is 32.2. The lowest BCUT2D eigenvalue weighted by Crippen LogP contribution is -2.36. The smallest absolute Gasteiger partial charge is 0.416 e. The van der Waals surface area contributed by atoms with Gasteiger partial charge in [-0.3, -0.25) is 25.2 Å². The van der Waals surface area contributed by atoms with Crippen LogP contribution in [0, 0.1) is 15.5 Å².